The fourth-order valence-electron chi connectivity index (χ4n) is 3.15. The van der Waals surface area contributed by atoms with Gasteiger partial charge in [0, 0.05) is 13.1 Å². The van der Waals surface area contributed by atoms with E-state index in [0.29, 0.717) is 16.3 Å². The molecular weight excluding hydrogens is 332 g/mol. The Morgan fingerprint density at radius 1 is 1.00 bits per heavy atom. The van der Waals surface area contributed by atoms with Crippen LogP contribution in [0.1, 0.15) is 56.7 Å². The van der Waals surface area contributed by atoms with Crippen LogP contribution < -0.4 is 5.32 Å². The predicted molar refractivity (Wildman–Crippen MR) is 101 cm³/mol. The first-order chi connectivity index (χ1) is 12.1. The second kappa shape index (κ2) is 8.41. The van der Waals surface area contributed by atoms with Crippen LogP contribution >= 0.6 is 11.3 Å². The molecule has 1 N–H and O–H groups in total. The number of amides is 1. The van der Waals surface area contributed by atoms with Gasteiger partial charge >= 0.3 is 0 Å². The van der Waals surface area contributed by atoms with Crippen LogP contribution in [0.5, 0.6) is 0 Å². The average Bonchev–Trinajstić information content (AvgIpc) is 3.12. The molecule has 0 bridgehead atoms. The van der Waals surface area contributed by atoms with Crippen molar-refractivity contribution in [3.63, 3.8) is 0 Å². The van der Waals surface area contributed by atoms with Gasteiger partial charge in [-0.1, -0.05) is 30.7 Å². The largest absolute Gasteiger partial charge is 0.347 e. The summed E-state index contributed by atoms with van der Waals surface area (Å²) in [5.41, 5.74) is 2.44. The van der Waals surface area contributed by atoms with Crippen molar-refractivity contribution in [1.82, 2.24) is 10.2 Å². The van der Waals surface area contributed by atoms with Gasteiger partial charge in [-0.05, 0) is 56.1 Å². The molecule has 0 spiro atoms. The third-order valence-electron chi connectivity index (χ3n) is 4.58. The Morgan fingerprint density at radius 2 is 1.68 bits per heavy atom. The number of rotatable bonds is 6. The van der Waals surface area contributed by atoms with E-state index in [1.54, 1.807) is 12.1 Å². The molecule has 1 saturated heterocycles. The number of nitrogens with zero attached hydrogens (tertiary/aromatic N) is 1. The van der Waals surface area contributed by atoms with E-state index in [0.717, 1.165) is 25.2 Å². The molecule has 1 amide bonds. The van der Waals surface area contributed by atoms with E-state index < -0.39 is 0 Å². The molecular formula is C20H24N2O2S. The molecule has 0 radical (unpaired) electrons. The molecule has 0 atom stereocenters. The van der Waals surface area contributed by atoms with Crippen LogP contribution in [0.3, 0.4) is 0 Å². The summed E-state index contributed by atoms with van der Waals surface area (Å²) in [5.74, 6) is -0.124. The Kier molecular flexibility index (Phi) is 6.00. The van der Waals surface area contributed by atoms with E-state index in [-0.39, 0.29) is 11.7 Å². The molecule has 1 aliphatic rings. The van der Waals surface area contributed by atoms with Gasteiger partial charge in [0.15, 0.2) is 5.78 Å². The summed E-state index contributed by atoms with van der Waals surface area (Å²) in [6.45, 7) is 5.29. The Balaban J connectivity index is 1.62. The predicted octanol–water partition coefficient (Wildman–Crippen LogP) is 3.87. The van der Waals surface area contributed by atoms with Crippen LogP contribution in [0.2, 0.25) is 0 Å². The fraction of sp³-hybridized carbons (Fsp3) is 0.400. The van der Waals surface area contributed by atoms with Crippen LogP contribution in [-0.4, -0.2) is 29.7 Å². The van der Waals surface area contributed by atoms with Gasteiger partial charge < -0.3 is 5.32 Å². The molecule has 0 aliphatic carbocycles. The molecule has 5 heteroatoms. The van der Waals surface area contributed by atoms with Gasteiger partial charge in [0.1, 0.15) is 0 Å². The Bertz CT molecular complexity index is 748. The number of benzene rings is 1. The van der Waals surface area contributed by atoms with Crippen molar-refractivity contribution in [2.24, 2.45) is 0 Å². The van der Waals surface area contributed by atoms with Gasteiger partial charge in [-0.25, -0.2) is 0 Å². The third kappa shape index (κ3) is 4.77. The standard InChI is InChI=1S/C20H24N2O2S/c1-15(23)18-9-10-19(25-18)20(24)21-13-16-7-3-4-8-17(16)14-22-11-5-2-6-12-22/h3-4,7-10H,2,5-6,11-14H2,1H3,(H,21,24). The van der Waals surface area contributed by atoms with Crippen LogP contribution in [-0.2, 0) is 13.1 Å². The van der Waals surface area contributed by atoms with Crippen molar-refractivity contribution < 1.29 is 9.59 Å². The molecule has 2 heterocycles. The fourth-order valence-corrected chi connectivity index (χ4v) is 3.97. The van der Waals surface area contributed by atoms with E-state index in [1.807, 2.05) is 6.07 Å². The molecule has 132 valence electrons. The van der Waals surface area contributed by atoms with E-state index in [9.17, 15) is 9.59 Å². The number of carbonyl (C=O) groups excluding carboxylic acids is 2. The van der Waals surface area contributed by atoms with E-state index in [1.165, 1.54) is 43.1 Å². The highest BCUT2D eigenvalue weighted by Gasteiger charge is 2.14. The first-order valence-electron chi connectivity index (χ1n) is 8.81. The second-order valence-corrected chi connectivity index (χ2v) is 7.59. The van der Waals surface area contributed by atoms with Crippen molar-refractivity contribution >= 4 is 23.0 Å². The number of hydrogen-bond donors (Lipinski definition) is 1. The lowest BCUT2D eigenvalue weighted by atomic mass is 10.0. The van der Waals surface area contributed by atoms with Crippen molar-refractivity contribution in [1.29, 1.82) is 0 Å². The summed E-state index contributed by atoms with van der Waals surface area (Å²) in [6.07, 6.45) is 3.88. The van der Waals surface area contributed by atoms with Gasteiger partial charge in [0.25, 0.3) is 5.91 Å². The zero-order valence-corrected chi connectivity index (χ0v) is 15.4. The zero-order valence-electron chi connectivity index (χ0n) is 14.6. The maximum absolute atomic E-state index is 12.3. The summed E-state index contributed by atoms with van der Waals surface area (Å²) in [6, 6.07) is 11.7. The number of hydrogen-bond acceptors (Lipinski definition) is 4. The van der Waals surface area contributed by atoms with Crippen LogP contribution in [0.25, 0.3) is 0 Å². The summed E-state index contributed by atoms with van der Waals surface area (Å²) in [5, 5.41) is 2.99. The molecule has 1 aromatic carbocycles. The second-order valence-electron chi connectivity index (χ2n) is 6.51. The molecule has 25 heavy (non-hydrogen) atoms. The first-order valence-corrected chi connectivity index (χ1v) is 9.63. The maximum Gasteiger partial charge on any atom is 0.261 e. The minimum Gasteiger partial charge on any atom is -0.347 e. The van der Waals surface area contributed by atoms with Crippen LogP contribution in [0.15, 0.2) is 36.4 Å². The highest BCUT2D eigenvalue weighted by molar-refractivity contribution is 7.15. The molecule has 1 aliphatic heterocycles. The monoisotopic (exact) mass is 356 g/mol. The first kappa shape index (κ1) is 17.8. The summed E-state index contributed by atoms with van der Waals surface area (Å²) in [7, 11) is 0. The summed E-state index contributed by atoms with van der Waals surface area (Å²) < 4.78 is 0. The number of ketones is 1. The zero-order chi connectivity index (χ0) is 17.6. The normalized spacial score (nSPS) is 15.1. The van der Waals surface area contributed by atoms with Crippen LogP contribution in [0.4, 0.5) is 0 Å². The topological polar surface area (TPSA) is 49.4 Å². The van der Waals surface area contributed by atoms with Gasteiger partial charge in [-0.15, -0.1) is 11.3 Å². The molecule has 0 unspecified atom stereocenters. The number of Topliss-reactive ketones (excluding diaryl/α,β-unsaturated/α-hetero) is 1. The molecule has 1 fully saturated rings. The highest BCUT2D eigenvalue weighted by Crippen LogP contribution is 2.18. The minimum absolute atomic E-state index is 0.00377. The quantitative estimate of drug-likeness (QED) is 0.800. The summed E-state index contributed by atoms with van der Waals surface area (Å²) >= 11 is 1.25. The van der Waals surface area contributed by atoms with Gasteiger partial charge in [0.2, 0.25) is 0 Å². The van der Waals surface area contributed by atoms with Crippen molar-refractivity contribution in [3.8, 4) is 0 Å². The number of thiophene rings is 1. The van der Waals surface area contributed by atoms with Gasteiger partial charge in [0.05, 0.1) is 9.75 Å². The minimum atomic E-state index is -0.120. The lowest BCUT2D eigenvalue weighted by molar-refractivity contribution is 0.0954. The van der Waals surface area contributed by atoms with Crippen molar-refractivity contribution in [2.75, 3.05) is 13.1 Å². The maximum atomic E-state index is 12.3. The SMILES string of the molecule is CC(=O)c1ccc(C(=O)NCc2ccccc2CN2CCCCC2)s1. The van der Waals surface area contributed by atoms with E-state index >= 15 is 0 Å². The number of likely N-dealkylation sites (tertiary alicyclic amines) is 1. The Labute approximate surface area is 152 Å². The van der Waals surface area contributed by atoms with Crippen molar-refractivity contribution in [3.05, 3.63) is 57.3 Å². The molecule has 3 rings (SSSR count). The average molecular weight is 356 g/mol. The third-order valence-corrected chi connectivity index (χ3v) is 5.76. The Morgan fingerprint density at radius 3 is 2.36 bits per heavy atom. The van der Waals surface area contributed by atoms with Gasteiger partial charge in [-0.2, -0.15) is 0 Å². The molecule has 0 saturated carbocycles. The van der Waals surface area contributed by atoms with Crippen molar-refractivity contribution in [2.45, 2.75) is 39.3 Å². The Hall–Kier alpha value is -1.98. The number of nitrogens with one attached hydrogen (secondary N) is 1. The summed E-state index contributed by atoms with van der Waals surface area (Å²) in [4.78, 5) is 27.4. The lowest BCUT2D eigenvalue weighted by Gasteiger charge is -2.27. The molecule has 4 nitrogen and oxygen atoms in total. The molecule has 2 aromatic rings. The number of piperidine rings is 1. The highest BCUT2D eigenvalue weighted by atomic mass is 32.1. The van der Waals surface area contributed by atoms with Gasteiger partial charge in [-0.3, -0.25) is 14.5 Å². The van der Waals surface area contributed by atoms with E-state index in [2.05, 4.69) is 28.4 Å². The molecule has 1 aromatic heterocycles. The van der Waals surface area contributed by atoms with Crippen LogP contribution in [0, 0.1) is 0 Å². The number of carbonyl (C=O) groups is 2. The lowest BCUT2D eigenvalue weighted by Crippen LogP contribution is -2.30. The smallest absolute Gasteiger partial charge is 0.261 e. The van der Waals surface area contributed by atoms with E-state index in [4.69, 9.17) is 0 Å².